The SMILES string of the molecule is CC(C)(C)I(CO)C1CCC=C(C(=O)O)C(=O)c2cc(NCc3ccc(F)cc3)c(C(F)(F)F)cc21. The number of fused-ring (bicyclic) bond motifs is 1. The molecule has 0 aromatic heterocycles. The maximum absolute atomic E-state index is 14.2. The molecule has 0 heterocycles. The van der Waals surface area contributed by atoms with E-state index in [0.29, 0.717) is 12.0 Å². The molecule has 0 fully saturated rings. The van der Waals surface area contributed by atoms with Crippen LogP contribution < -0.4 is 5.32 Å². The molecule has 3 N–H and O–H groups in total. The third kappa shape index (κ3) is 6.26. The van der Waals surface area contributed by atoms with Gasteiger partial charge in [0.05, 0.1) is 0 Å². The van der Waals surface area contributed by atoms with Gasteiger partial charge in [-0.1, -0.05) is 0 Å². The number of aliphatic hydroxyl groups excluding tert-OH is 1. The third-order valence-corrected chi connectivity index (χ3v) is 13.9. The first-order valence-corrected chi connectivity index (χ1v) is 15.1. The number of carbonyl (C=O) groups is 2. The second-order valence-electron chi connectivity index (χ2n) is 9.34. The molecule has 3 rings (SSSR count). The van der Waals surface area contributed by atoms with Crippen molar-refractivity contribution in [2.75, 3.05) is 9.93 Å². The van der Waals surface area contributed by atoms with Crippen LogP contribution in [0.3, 0.4) is 0 Å². The van der Waals surface area contributed by atoms with Gasteiger partial charge in [0.25, 0.3) is 0 Å². The van der Waals surface area contributed by atoms with Crippen LogP contribution in [-0.4, -0.2) is 30.0 Å². The normalized spacial score (nSPS) is 17.0. The minimum absolute atomic E-state index is 0.0709. The Morgan fingerprint density at radius 3 is 2.31 bits per heavy atom. The zero-order valence-corrected chi connectivity index (χ0v) is 22.2. The second-order valence-corrected chi connectivity index (χ2v) is 17.0. The van der Waals surface area contributed by atoms with Gasteiger partial charge in [-0.15, -0.1) is 0 Å². The number of carboxylic acid groups (broad SMARTS) is 1. The van der Waals surface area contributed by atoms with E-state index in [0.717, 1.165) is 12.1 Å². The van der Waals surface area contributed by atoms with Crippen LogP contribution in [0.5, 0.6) is 0 Å². The van der Waals surface area contributed by atoms with Gasteiger partial charge in [0.2, 0.25) is 0 Å². The molecule has 10 heteroatoms. The summed E-state index contributed by atoms with van der Waals surface area (Å²) in [5.41, 5.74) is -1.29. The molecule has 1 aliphatic carbocycles. The Morgan fingerprint density at radius 2 is 1.78 bits per heavy atom. The molecule has 0 saturated heterocycles. The Kier molecular flexibility index (Phi) is 8.49. The van der Waals surface area contributed by atoms with Gasteiger partial charge >= 0.3 is 214 Å². The van der Waals surface area contributed by atoms with Crippen LogP contribution in [0.4, 0.5) is 23.2 Å². The number of Topliss-reactive ketones (excluding diaryl/α,β-unsaturated/α-hetero) is 1. The van der Waals surface area contributed by atoms with Crippen molar-refractivity contribution in [3.05, 3.63) is 76.1 Å². The van der Waals surface area contributed by atoms with Crippen molar-refractivity contribution in [3.63, 3.8) is 0 Å². The molecular formula is C26H28F4INO4. The fourth-order valence-corrected chi connectivity index (χ4v) is 10.3. The van der Waals surface area contributed by atoms with E-state index in [-0.39, 0.29) is 37.8 Å². The Bertz CT molecular complexity index is 1170. The summed E-state index contributed by atoms with van der Waals surface area (Å²) in [7, 11) is 0. The van der Waals surface area contributed by atoms with Gasteiger partial charge in [0, 0.05) is 0 Å². The summed E-state index contributed by atoms with van der Waals surface area (Å²) in [6.45, 7) is 5.71. The molecule has 1 atom stereocenters. The van der Waals surface area contributed by atoms with Gasteiger partial charge in [0.1, 0.15) is 0 Å². The Hall–Kier alpha value is -2.47. The van der Waals surface area contributed by atoms with Crippen LogP contribution >= 0.6 is 19.8 Å². The number of benzene rings is 2. The van der Waals surface area contributed by atoms with Crippen LogP contribution in [-0.2, 0) is 17.5 Å². The van der Waals surface area contributed by atoms with Crippen molar-refractivity contribution in [2.45, 2.75) is 53.7 Å². The van der Waals surface area contributed by atoms with Crippen molar-refractivity contribution in [3.8, 4) is 0 Å². The topological polar surface area (TPSA) is 86.6 Å². The van der Waals surface area contributed by atoms with E-state index in [1.54, 1.807) is 0 Å². The molecule has 5 nitrogen and oxygen atoms in total. The van der Waals surface area contributed by atoms with E-state index in [2.05, 4.69) is 5.32 Å². The molecular weight excluding hydrogens is 593 g/mol. The molecule has 36 heavy (non-hydrogen) atoms. The fourth-order valence-electron chi connectivity index (χ4n) is 4.14. The van der Waals surface area contributed by atoms with Gasteiger partial charge < -0.3 is 0 Å². The molecule has 2 aromatic rings. The summed E-state index contributed by atoms with van der Waals surface area (Å²) >= 11 is -2.42. The maximum atomic E-state index is 14.2. The number of anilines is 1. The van der Waals surface area contributed by atoms with E-state index in [9.17, 15) is 37.4 Å². The first-order chi connectivity index (χ1) is 16.7. The number of aliphatic hydroxyl groups is 1. The number of alkyl halides is 6. The predicted molar refractivity (Wildman–Crippen MR) is 138 cm³/mol. The zero-order chi connectivity index (χ0) is 26.8. The molecule has 0 aliphatic heterocycles. The molecule has 0 bridgehead atoms. The summed E-state index contributed by atoms with van der Waals surface area (Å²) in [6, 6.07) is 7.25. The number of rotatable bonds is 6. The number of halogens is 5. The Morgan fingerprint density at radius 1 is 1.14 bits per heavy atom. The molecule has 1 aliphatic rings. The number of allylic oxidation sites excluding steroid dienone is 1. The first-order valence-electron chi connectivity index (χ1n) is 11.2. The predicted octanol–water partition coefficient (Wildman–Crippen LogP) is 6.74. The Labute approximate surface area is 214 Å². The zero-order valence-electron chi connectivity index (χ0n) is 20.0. The number of carbonyl (C=O) groups excluding carboxylic acids is 1. The summed E-state index contributed by atoms with van der Waals surface area (Å²) in [5.74, 6) is -2.79. The number of ketones is 1. The molecule has 2 aromatic carbocycles. The standard InChI is InChI=1S/C26H28F4INO4/c1-25(2,3)31(14-33)21-6-4-5-17(24(35)36)23(34)19-12-22(20(11-18(19)21)26(28,29)30)32-13-15-7-9-16(27)10-8-15/h5,7-12,21,32-33H,4,6,13-14H2,1-3H3,(H,35,36). The molecule has 1 unspecified atom stereocenters. The van der Waals surface area contributed by atoms with Crippen molar-refractivity contribution >= 4 is 37.3 Å². The number of hydrogen-bond acceptors (Lipinski definition) is 4. The summed E-state index contributed by atoms with van der Waals surface area (Å²) < 4.78 is 54.9. The number of carboxylic acids is 1. The summed E-state index contributed by atoms with van der Waals surface area (Å²) in [4.78, 5) is 25.1. The van der Waals surface area contributed by atoms with E-state index >= 15 is 0 Å². The Balaban J connectivity index is 2.21. The van der Waals surface area contributed by atoms with E-state index < -0.39 is 58.6 Å². The van der Waals surface area contributed by atoms with Crippen molar-refractivity contribution in [1.82, 2.24) is 0 Å². The molecule has 196 valence electrons. The van der Waals surface area contributed by atoms with Crippen LogP contribution in [0.15, 0.2) is 48.0 Å². The van der Waals surface area contributed by atoms with E-state index in [4.69, 9.17) is 0 Å². The molecule has 0 spiro atoms. The van der Waals surface area contributed by atoms with Gasteiger partial charge in [0.15, 0.2) is 0 Å². The quantitative estimate of drug-likeness (QED) is 0.144. The van der Waals surface area contributed by atoms with Gasteiger partial charge in [-0.05, 0) is 0 Å². The van der Waals surface area contributed by atoms with Crippen molar-refractivity contribution < 1.29 is 37.4 Å². The molecule has 0 amide bonds. The van der Waals surface area contributed by atoms with Crippen LogP contribution in [0.1, 0.15) is 64.6 Å². The average molecular weight is 621 g/mol. The molecule has 0 radical (unpaired) electrons. The minimum atomic E-state index is -4.76. The summed E-state index contributed by atoms with van der Waals surface area (Å²) in [5, 5.41) is 22.5. The fraction of sp³-hybridized carbons (Fsp3) is 0.385. The number of aliphatic carboxylic acids is 1. The monoisotopic (exact) mass is 621 g/mol. The summed E-state index contributed by atoms with van der Waals surface area (Å²) in [6.07, 6.45) is -2.91. The molecule has 0 saturated carbocycles. The van der Waals surface area contributed by atoms with Crippen LogP contribution in [0.25, 0.3) is 0 Å². The van der Waals surface area contributed by atoms with Gasteiger partial charge in [-0.2, -0.15) is 0 Å². The van der Waals surface area contributed by atoms with Gasteiger partial charge in [-0.25, -0.2) is 0 Å². The first kappa shape index (κ1) is 28.1. The van der Waals surface area contributed by atoms with Crippen molar-refractivity contribution in [2.24, 2.45) is 0 Å². The third-order valence-electron chi connectivity index (χ3n) is 5.89. The number of hydrogen-bond donors (Lipinski definition) is 3. The second kappa shape index (κ2) is 10.9. The van der Waals surface area contributed by atoms with Crippen LogP contribution in [0.2, 0.25) is 0 Å². The van der Waals surface area contributed by atoms with Crippen molar-refractivity contribution in [1.29, 1.82) is 0 Å². The number of nitrogens with one attached hydrogen (secondary N) is 1. The van der Waals surface area contributed by atoms with Crippen LogP contribution in [0, 0.1) is 5.82 Å². The van der Waals surface area contributed by atoms with E-state index in [1.807, 2.05) is 20.8 Å². The van der Waals surface area contributed by atoms with Gasteiger partial charge in [-0.3, -0.25) is 0 Å². The average Bonchev–Trinajstić information content (AvgIpc) is 2.77. The van der Waals surface area contributed by atoms with E-state index in [1.165, 1.54) is 30.3 Å².